The smallest absolute Gasteiger partial charge is 0.317 e. The lowest BCUT2D eigenvalue weighted by atomic mass is 10.1. The lowest BCUT2D eigenvalue weighted by Gasteiger charge is -2.36. The van der Waals surface area contributed by atoms with E-state index in [0.29, 0.717) is 31.2 Å². The van der Waals surface area contributed by atoms with Crippen molar-refractivity contribution in [3.05, 3.63) is 77.1 Å². The molecule has 0 bridgehead atoms. The summed E-state index contributed by atoms with van der Waals surface area (Å²) in [6, 6.07) is 17.2. The molecule has 1 aliphatic rings. The van der Waals surface area contributed by atoms with E-state index in [4.69, 9.17) is 18.0 Å². The summed E-state index contributed by atoms with van der Waals surface area (Å²) in [4.78, 5) is 29.3. The molecule has 1 aliphatic heterocycles. The monoisotopic (exact) mass is 484 g/mol. The maximum atomic E-state index is 12.8. The molecule has 4 aromatic rings. The number of amides is 2. The number of H-pyrrole nitrogens is 1. The van der Waals surface area contributed by atoms with E-state index in [0.717, 1.165) is 39.2 Å². The van der Waals surface area contributed by atoms with E-state index in [1.54, 1.807) is 6.33 Å². The maximum absolute atomic E-state index is 12.8. The summed E-state index contributed by atoms with van der Waals surface area (Å²) in [7, 11) is 0. The van der Waals surface area contributed by atoms with Gasteiger partial charge in [0, 0.05) is 42.5 Å². The highest BCUT2D eigenvalue weighted by molar-refractivity contribution is 6.30. The van der Waals surface area contributed by atoms with Crippen LogP contribution in [0.25, 0.3) is 22.3 Å². The first-order valence-corrected chi connectivity index (χ1v) is 11.9. The average Bonchev–Trinajstić information content (AvgIpc) is 3.33. The summed E-state index contributed by atoms with van der Waals surface area (Å²) in [5.41, 5.74) is 4.59. The van der Waals surface area contributed by atoms with Crippen LogP contribution in [0.3, 0.4) is 0 Å². The van der Waals surface area contributed by atoms with Crippen LogP contribution < -0.4 is 10.2 Å². The molecule has 176 valence electrons. The minimum Gasteiger partial charge on any atom is -0.352 e. The third kappa shape index (κ3) is 4.79. The number of terminal acetylenes is 1. The molecule has 3 heterocycles. The van der Waals surface area contributed by atoms with E-state index in [-0.39, 0.29) is 12.1 Å². The Kier molecular flexibility index (Phi) is 6.30. The average molecular weight is 485 g/mol. The highest BCUT2D eigenvalue weighted by Gasteiger charge is 2.25. The van der Waals surface area contributed by atoms with E-state index in [1.165, 1.54) is 0 Å². The molecule has 0 saturated carbocycles. The number of hydrogen-bond donors (Lipinski definition) is 2. The molecular weight excluding hydrogens is 460 g/mol. The fourth-order valence-electron chi connectivity index (χ4n) is 4.34. The van der Waals surface area contributed by atoms with Crippen LogP contribution in [0.1, 0.15) is 24.1 Å². The summed E-state index contributed by atoms with van der Waals surface area (Å²) in [5, 5.41) is 4.69. The van der Waals surface area contributed by atoms with E-state index < -0.39 is 0 Å². The van der Waals surface area contributed by atoms with Crippen molar-refractivity contribution >= 4 is 34.5 Å². The van der Waals surface area contributed by atoms with Gasteiger partial charge < -0.3 is 20.1 Å². The van der Waals surface area contributed by atoms with E-state index in [1.807, 2.05) is 60.4 Å². The number of aromatic nitrogens is 3. The highest BCUT2D eigenvalue weighted by Crippen LogP contribution is 2.29. The number of aromatic amines is 1. The fourth-order valence-corrected chi connectivity index (χ4v) is 4.54. The standard InChI is InChI=1S/C27H25ClN6O/c1-3-19-7-9-20(10-8-19)24-16-23-25(32-24)29-17-30-26(23)33-11-13-34(14-12-33)27(35)31-18(2)21-5-4-6-22(28)15-21/h1,4-10,15-18H,11-14H2,2H3,(H,31,35)(H,29,30,32)/t18-/m0/s1. The van der Waals surface area contributed by atoms with E-state index in [2.05, 4.69) is 37.2 Å². The van der Waals surface area contributed by atoms with E-state index in [9.17, 15) is 4.79 Å². The SMILES string of the molecule is C#Cc1ccc(-c2cc3c(N4CCN(C(=O)N[C@@H](C)c5cccc(Cl)c5)CC4)ncnc3[nH]2)cc1. The van der Waals surface area contributed by atoms with Crippen LogP contribution in [0.4, 0.5) is 10.6 Å². The molecule has 1 saturated heterocycles. The van der Waals surface area contributed by atoms with Gasteiger partial charge in [-0.25, -0.2) is 14.8 Å². The van der Waals surface area contributed by atoms with Crippen molar-refractivity contribution in [1.82, 2.24) is 25.2 Å². The number of carbonyl (C=O) groups is 1. The van der Waals surface area contributed by atoms with Crippen molar-refractivity contribution in [3.8, 4) is 23.6 Å². The third-order valence-electron chi connectivity index (χ3n) is 6.32. The number of benzene rings is 2. The number of carbonyl (C=O) groups excluding carboxylic acids is 1. The zero-order valence-electron chi connectivity index (χ0n) is 19.3. The fraction of sp³-hybridized carbons (Fsp3) is 0.222. The molecule has 7 nitrogen and oxygen atoms in total. The normalized spacial score (nSPS) is 14.5. The largest absolute Gasteiger partial charge is 0.352 e. The Bertz CT molecular complexity index is 1400. The van der Waals surface area contributed by atoms with Gasteiger partial charge in [0.05, 0.1) is 11.4 Å². The van der Waals surface area contributed by atoms with Gasteiger partial charge in [-0.05, 0) is 48.4 Å². The Hall–Kier alpha value is -4.02. The van der Waals surface area contributed by atoms with Gasteiger partial charge in [-0.1, -0.05) is 41.8 Å². The third-order valence-corrected chi connectivity index (χ3v) is 6.56. The van der Waals surface area contributed by atoms with Crippen molar-refractivity contribution in [2.24, 2.45) is 0 Å². The molecule has 0 radical (unpaired) electrons. The van der Waals surface area contributed by atoms with Crippen LogP contribution >= 0.6 is 11.6 Å². The van der Waals surface area contributed by atoms with Gasteiger partial charge in [0.15, 0.2) is 0 Å². The number of nitrogens with one attached hydrogen (secondary N) is 2. The lowest BCUT2D eigenvalue weighted by molar-refractivity contribution is 0.191. The zero-order chi connectivity index (χ0) is 24.4. The molecule has 0 aliphatic carbocycles. The van der Waals surface area contributed by atoms with Gasteiger partial charge in [-0.2, -0.15) is 0 Å². The van der Waals surface area contributed by atoms with Crippen molar-refractivity contribution in [3.63, 3.8) is 0 Å². The molecule has 0 unspecified atom stereocenters. The van der Waals surface area contributed by atoms with Crippen molar-refractivity contribution in [2.45, 2.75) is 13.0 Å². The highest BCUT2D eigenvalue weighted by atomic mass is 35.5. The van der Waals surface area contributed by atoms with Crippen LogP contribution in [0.2, 0.25) is 5.02 Å². The van der Waals surface area contributed by atoms with Crippen molar-refractivity contribution in [1.29, 1.82) is 0 Å². The minimum atomic E-state index is -0.131. The van der Waals surface area contributed by atoms with Gasteiger partial charge >= 0.3 is 6.03 Å². The number of halogens is 1. The number of hydrogen-bond acceptors (Lipinski definition) is 4. The van der Waals surface area contributed by atoms with Crippen molar-refractivity contribution in [2.75, 3.05) is 31.1 Å². The quantitative estimate of drug-likeness (QED) is 0.406. The predicted molar refractivity (Wildman–Crippen MR) is 139 cm³/mol. The molecule has 2 aromatic carbocycles. The molecule has 2 N–H and O–H groups in total. The lowest BCUT2D eigenvalue weighted by Crippen LogP contribution is -2.52. The number of rotatable bonds is 4. The topological polar surface area (TPSA) is 77.2 Å². The Balaban J connectivity index is 1.27. The Labute approximate surface area is 209 Å². The van der Waals surface area contributed by atoms with Gasteiger partial charge in [0.2, 0.25) is 0 Å². The van der Waals surface area contributed by atoms with Crippen LogP contribution in [-0.4, -0.2) is 52.1 Å². The summed E-state index contributed by atoms with van der Waals surface area (Å²) in [6.07, 6.45) is 7.05. The summed E-state index contributed by atoms with van der Waals surface area (Å²) in [6.45, 7) is 4.53. The molecule has 35 heavy (non-hydrogen) atoms. The second kappa shape index (κ2) is 9.69. The number of anilines is 1. The number of urea groups is 1. The second-order valence-electron chi connectivity index (χ2n) is 8.56. The summed E-state index contributed by atoms with van der Waals surface area (Å²) < 4.78 is 0. The van der Waals surface area contributed by atoms with Crippen LogP contribution in [0.15, 0.2) is 60.9 Å². The first-order valence-electron chi connectivity index (χ1n) is 11.5. The van der Waals surface area contributed by atoms with Gasteiger partial charge in [0.1, 0.15) is 17.8 Å². The zero-order valence-corrected chi connectivity index (χ0v) is 20.1. The predicted octanol–water partition coefficient (Wildman–Crippen LogP) is 4.85. The van der Waals surface area contributed by atoms with Gasteiger partial charge in [0.25, 0.3) is 0 Å². The maximum Gasteiger partial charge on any atom is 0.317 e. The molecular formula is C27H25ClN6O. The molecule has 2 amide bonds. The first-order chi connectivity index (χ1) is 17.0. The summed E-state index contributed by atoms with van der Waals surface area (Å²) in [5.74, 6) is 3.51. The van der Waals surface area contributed by atoms with E-state index >= 15 is 0 Å². The number of fused-ring (bicyclic) bond motifs is 1. The van der Waals surface area contributed by atoms with Gasteiger partial charge in [-0.3, -0.25) is 0 Å². The van der Waals surface area contributed by atoms with Crippen LogP contribution in [0.5, 0.6) is 0 Å². The Morgan fingerprint density at radius 3 is 2.60 bits per heavy atom. The Morgan fingerprint density at radius 1 is 1.11 bits per heavy atom. The summed E-state index contributed by atoms with van der Waals surface area (Å²) >= 11 is 6.09. The molecule has 2 aromatic heterocycles. The second-order valence-corrected chi connectivity index (χ2v) is 9.00. The molecule has 5 rings (SSSR count). The molecule has 1 atom stereocenters. The molecule has 8 heteroatoms. The molecule has 0 spiro atoms. The molecule has 1 fully saturated rings. The Morgan fingerprint density at radius 2 is 1.89 bits per heavy atom. The minimum absolute atomic E-state index is 0.0793. The van der Waals surface area contributed by atoms with Crippen LogP contribution in [0, 0.1) is 12.3 Å². The van der Waals surface area contributed by atoms with Crippen molar-refractivity contribution < 1.29 is 4.79 Å². The van der Waals surface area contributed by atoms with Crippen LogP contribution in [-0.2, 0) is 0 Å². The number of piperazine rings is 1. The first kappa shape index (κ1) is 22.8. The van der Waals surface area contributed by atoms with Gasteiger partial charge in [-0.15, -0.1) is 6.42 Å². The number of nitrogens with zero attached hydrogens (tertiary/aromatic N) is 4.